The zero-order chi connectivity index (χ0) is 14.6. The molecule has 3 nitrogen and oxygen atoms in total. The van der Waals surface area contributed by atoms with E-state index >= 15 is 0 Å². The highest BCUT2D eigenvalue weighted by Gasteiger charge is 2.34. The molecule has 1 aromatic rings. The van der Waals surface area contributed by atoms with Crippen LogP contribution in [0.15, 0.2) is 28.3 Å². The number of hydrogen-bond acceptors (Lipinski definition) is 3. The van der Waals surface area contributed by atoms with E-state index in [-0.39, 0.29) is 5.56 Å². The summed E-state index contributed by atoms with van der Waals surface area (Å²) >= 11 is 1.34. The average Bonchev–Trinajstić information content (AvgIpc) is 2.34. The smallest absolute Gasteiger partial charge is 0.409 e. The number of alkyl halides is 3. The summed E-state index contributed by atoms with van der Waals surface area (Å²) < 4.78 is 38.8. The van der Waals surface area contributed by atoms with E-state index in [4.69, 9.17) is 10.9 Å². The van der Waals surface area contributed by atoms with E-state index in [2.05, 4.69) is 5.16 Å². The van der Waals surface area contributed by atoms with Gasteiger partial charge in [-0.15, -0.1) is 11.8 Å². The Morgan fingerprint density at radius 2 is 2.05 bits per heavy atom. The third-order valence-electron chi connectivity index (χ3n) is 2.26. The van der Waals surface area contributed by atoms with Crippen LogP contribution in [0.4, 0.5) is 13.2 Å². The lowest BCUT2D eigenvalue weighted by Gasteiger charge is -2.14. The summed E-state index contributed by atoms with van der Waals surface area (Å²) in [5.74, 6) is 0.552. The summed E-state index contributed by atoms with van der Waals surface area (Å²) in [5, 5.41) is 11.1. The maximum Gasteiger partial charge on any atom is 0.417 e. The Bertz CT molecular complexity index is 473. The summed E-state index contributed by atoms with van der Waals surface area (Å²) in [6, 6.07) is 3.79. The van der Waals surface area contributed by atoms with Crippen molar-refractivity contribution in [2.45, 2.75) is 24.9 Å². The largest absolute Gasteiger partial charge is 0.417 e. The maximum absolute atomic E-state index is 12.9. The van der Waals surface area contributed by atoms with Crippen LogP contribution in [-0.2, 0) is 6.18 Å². The summed E-state index contributed by atoms with van der Waals surface area (Å²) in [4.78, 5) is 0.510. The van der Waals surface area contributed by atoms with Crippen molar-refractivity contribution in [1.29, 1.82) is 0 Å². The van der Waals surface area contributed by atoms with Crippen molar-refractivity contribution in [2.24, 2.45) is 16.8 Å². The van der Waals surface area contributed by atoms with Crippen LogP contribution in [0, 0.1) is 5.92 Å². The van der Waals surface area contributed by atoms with Gasteiger partial charge in [0.05, 0.1) is 5.56 Å². The van der Waals surface area contributed by atoms with Gasteiger partial charge in [0.25, 0.3) is 0 Å². The number of rotatable bonds is 4. The Morgan fingerprint density at radius 3 is 2.53 bits per heavy atom. The summed E-state index contributed by atoms with van der Waals surface area (Å²) in [5.41, 5.74) is 4.05. The molecule has 0 amide bonds. The highest BCUT2D eigenvalue weighted by molar-refractivity contribution is 7.99. The predicted molar refractivity (Wildman–Crippen MR) is 69.5 cm³/mol. The van der Waals surface area contributed by atoms with E-state index in [1.165, 1.54) is 23.9 Å². The van der Waals surface area contributed by atoms with Crippen LogP contribution in [0.25, 0.3) is 0 Å². The van der Waals surface area contributed by atoms with Gasteiger partial charge in [-0.05, 0) is 24.1 Å². The number of hydrogen-bond donors (Lipinski definition) is 2. The number of thioether (sulfide) groups is 1. The fraction of sp³-hybridized carbons (Fsp3) is 0.417. The van der Waals surface area contributed by atoms with Crippen LogP contribution in [-0.4, -0.2) is 16.8 Å². The lowest BCUT2D eigenvalue weighted by atomic mass is 10.1. The highest BCUT2D eigenvalue weighted by atomic mass is 32.2. The zero-order valence-electron chi connectivity index (χ0n) is 10.5. The van der Waals surface area contributed by atoms with E-state index in [1.54, 1.807) is 0 Å². The molecule has 106 valence electrons. The molecule has 0 bridgehead atoms. The zero-order valence-corrected chi connectivity index (χ0v) is 11.3. The van der Waals surface area contributed by atoms with Gasteiger partial charge in [-0.2, -0.15) is 13.2 Å². The molecule has 0 saturated carbocycles. The first-order valence-electron chi connectivity index (χ1n) is 5.57. The number of nitrogens with two attached hydrogens (primary N) is 1. The molecule has 0 radical (unpaired) electrons. The monoisotopic (exact) mass is 292 g/mol. The van der Waals surface area contributed by atoms with Gasteiger partial charge in [0.1, 0.15) is 0 Å². The first-order chi connectivity index (χ1) is 8.75. The van der Waals surface area contributed by atoms with E-state index < -0.39 is 17.6 Å². The number of oxime groups is 1. The predicted octanol–water partition coefficient (Wildman–Crippen LogP) is 3.55. The molecule has 0 fully saturated rings. The Morgan fingerprint density at radius 1 is 1.42 bits per heavy atom. The van der Waals surface area contributed by atoms with Crippen LogP contribution in [0.3, 0.4) is 0 Å². The van der Waals surface area contributed by atoms with Gasteiger partial charge in [0.2, 0.25) is 0 Å². The van der Waals surface area contributed by atoms with Crippen LogP contribution < -0.4 is 5.73 Å². The Balaban J connectivity index is 3.16. The Hall–Kier alpha value is -1.37. The van der Waals surface area contributed by atoms with E-state index in [1.807, 2.05) is 13.8 Å². The summed E-state index contributed by atoms with van der Waals surface area (Å²) in [6.45, 7) is 3.98. The molecule has 1 rings (SSSR count). The summed E-state index contributed by atoms with van der Waals surface area (Å²) in [7, 11) is 0. The first kappa shape index (κ1) is 15.7. The molecule has 0 atom stereocenters. The number of halogens is 3. The van der Waals surface area contributed by atoms with Crippen molar-refractivity contribution in [1.82, 2.24) is 0 Å². The molecule has 0 aliphatic rings. The van der Waals surface area contributed by atoms with E-state index in [9.17, 15) is 13.2 Å². The molecule has 1 aromatic carbocycles. The molecule has 0 heterocycles. The molecule has 7 heteroatoms. The molecule has 3 N–H and O–H groups in total. The van der Waals surface area contributed by atoms with Crippen LogP contribution in [0.1, 0.15) is 25.0 Å². The molecule has 0 unspecified atom stereocenters. The van der Waals surface area contributed by atoms with Gasteiger partial charge in [0, 0.05) is 16.2 Å². The fourth-order valence-corrected chi connectivity index (χ4v) is 2.28. The SMILES string of the molecule is CC(C)CSc1ccc(/C(N)=N/O)c(C(F)(F)F)c1. The van der Waals surface area contributed by atoms with Crippen LogP contribution >= 0.6 is 11.8 Å². The quantitative estimate of drug-likeness (QED) is 0.293. The number of nitrogens with zero attached hydrogens (tertiary/aromatic N) is 1. The van der Waals surface area contributed by atoms with Crippen LogP contribution in [0.5, 0.6) is 0 Å². The van der Waals surface area contributed by atoms with E-state index in [0.29, 0.717) is 10.8 Å². The van der Waals surface area contributed by atoms with Gasteiger partial charge >= 0.3 is 6.18 Å². The molecule has 0 spiro atoms. The summed E-state index contributed by atoms with van der Waals surface area (Å²) in [6.07, 6.45) is -4.54. The first-order valence-corrected chi connectivity index (χ1v) is 6.56. The molecule has 0 aromatic heterocycles. The topological polar surface area (TPSA) is 58.6 Å². The number of benzene rings is 1. The number of amidine groups is 1. The van der Waals surface area contributed by atoms with Crippen molar-refractivity contribution in [3.8, 4) is 0 Å². The average molecular weight is 292 g/mol. The van der Waals surface area contributed by atoms with Gasteiger partial charge in [0.15, 0.2) is 5.84 Å². The lowest BCUT2D eigenvalue weighted by molar-refractivity contribution is -0.137. The van der Waals surface area contributed by atoms with Crippen molar-refractivity contribution < 1.29 is 18.4 Å². The molecule has 0 aliphatic carbocycles. The van der Waals surface area contributed by atoms with Gasteiger partial charge in [-0.1, -0.05) is 19.0 Å². The second-order valence-electron chi connectivity index (χ2n) is 4.40. The molecule has 0 saturated heterocycles. The highest BCUT2D eigenvalue weighted by Crippen LogP contribution is 2.35. The van der Waals surface area contributed by atoms with Gasteiger partial charge in [-0.25, -0.2) is 0 Å². The fourth-order valence-electron chi connectivity index (χ4n) is 1.39. The minimum atomic E-state index is -4.54. The normalized spacial score (nSPS) is 13.1. The van der Waals surface area contributed by atoms with Crippen molar-refractivity contribution in [2.75, 3.05) is 5.75 Å². The third-order valence-corrected chi connectivity index (χ3v) is 3.68. The van der Waals surface area contributed by atoms with Crippen molar-refractivity contribution in [3.63, 3.8) is 0 Å². The molecular weight excluding hydrogens is 277 g/mol. The lowest BCUT2D eigenvalue weighted by Crippen LogP contribution is -2.20. The van der Waals surface area contributed by atoms with Gasteiger partial charge in [-0.3, -0.25) is 0 Å². The minimum Gasteiger partial charge on any atom is -0.409 e. The van der Waals surface area contributed by atoms with Crippen molar-refractivity contribution in [3.05, 3.63) is 29.3 Å². The second kappa shape index (κ2) is 6.18. The molecule has 0 aliphatic heterocycles. The minimum absolute atomic E-state index is 0.316. The van der Waals surface area contributed by atoms with Crippen molar-refractivity contribution >= 4 is 17.6 Å². The second-order valence-corrected chi connectivity index (χ2v) is 5.49. The van der Waals surface area contributed by atoms with Gasteiger partial charge < -0.3 is 10.9 Å². The third kappa shape index (κ3) is 4.34. The Labute approximate surface area is 113 Å². The molecule has 19 heavy (non-hydrogen) atoms. The maximum atomic E-state index is 12.9. The van der Waals surface area contributed by atoms with Crippen LogP contribution in [0.2, 0.25) is 0 Å². The van der Waals surface area contributed by atoms with E-state index in [0.717, 1.165) is 11.8 Å². The molecular formula is C12H15F3N2OS. The standard InChI is InChI=1S/C12H15F3N2OS/c1-7(2)6-19-8-3-4-9(11(16)17-18)10(5-8)12(13,14)15/h3-5,7,18H,6H2,1-2H3,(H2,16,17). The Kier molecular flexibility index (Phi) is 5.11.